The summed E-state index contributed by atoms with van der Waals surface area (Å²) in [5, 5.41) is 18.1. The van der Waals surface area contributed by atoms with Crippen LogP contribution in [0.2, 0.25) is 0 Å². The van der Waals surface area contributed by atoms with Crippen LogP contribution in [0.4, 0.5) is 0 Å². The molecule has 12 heavy (non-hydrogen) atoms. The summed E-state index contributed by atoms with van der Waals surface area (Å²) in [6.07, 6.45) is 1.90. The Morgan fingerprint density at radius 2 is 2.08 bits per heavy atom. The van der Waals surface area contributed by atoms with Gasteiger partial charge in [-0.3, -0.25) is 5.73 Å². The van der Waals surface area contributed by atoms with E-state index in [1.165, 1.54) is 6.92 Å². The van der Waals surface area contributed by atoms with E-state index in [1.54, 1.807) is 0 Å². The number of aliphatic hydroxyl groups excluding tert-OH is 1. The number of nitrogens with two attached hydrogens (primary N) is 1. The van der Waals surface area contributed by atoms with Crippen LogP contribution in [0.15, 0.2) is 0 Å². The van der Waals surface area contributed by atoms with E-state index >= 15 is 0 Å². The molecule has 74 valence electrons. The molecule has 0 aliphatic rings. The predicted molar refractivity (Wildman–Crippen MR) is 46.3 cm³/mol. The van der Waals surface area contributed by atoms with E-state index in [0.717, 1.165) is 19.3 Å². The average Bonchev–Trinajstić information content (AvgIpc) is 1.98. The molecule has 0 aromatic rings. The van der Waals surface area contributed by atoms with Crippen molar-refractivity contribution >= 4 is 0 Å². The fourth-order valence-corrected chi connectivity index (χ4v) is 0.708. The summed E-state index contributed by atoms with van der Waals surface area (Å²) in [5.74, 6) is -1.90. The van der Waals surface area contributed by atoms with Crippen LogP contribution < -0.4 is 5.73 Å². The second-order valence-corrected chi connectivity index (χ2v) is 2.98. The van der Waals surface area contributed by atoms with E-state index in [9.17, 15) is 5.11 Å². The maximum Gasteiger partial charge on any atom is 0.249 e. The van der Waals surface area contributed by atoms with E-state index in [2.05, 4.69) is 6.92 Å². The molecule has 4 heteroatoms. The number of aliphatic hydroxyl groups is 2. The average molecular weight is 177 g/mol. The fourth-order valence-electron chi connectivity index (χ4n) is 0.708. The Morgan fingerprint density at radius 3 is 2.50 bits per heavy atom. The van der Waals surface area contributed by atoms with Crippen LogP contribution in [0.25, 0.3) is 0 Å². The van der Waals surface area contributed by atoms with Crippen molar-refractivity contribution in [3.8, 4) is 0 Å². The lowest BCUT2D eigenvalue weighted by Gasteiger charge is -2.25. The highest BCUT2D eigenvalue weighted by molar-refractivity contribution is 4.64. The zero-order chi connectivity index (χ0) is 9.61. The van der Waals surface area contributed by atoms with E-state index in [-0.39, 0.29) is 0 Å². The Balaban J connectivity index is 3.47. The second kappa shape index (κ2) is 5.48. The fraction of sp³-hybridized carbons (Fsp3) is 1.00. The van der Waals surface area contributed by atoms with Gasteiger partial charge in [-0.25, -0.2) is 0 Å². The first kappa shape index (κ1) is 11.8. The predicted octanol–water partition coefficient (Wildman–Crippen LogP) is 0.179. The molecule has 0 bridgehead atoms. The lowest BCUT2D eigenvalue weighted by atomic mass is 10.2. The summed E-state index contributed by atoms with van der Waals surface area (Å²) in [6.45, 7) is 3.84. The first-order valence-electron chi connectivity index (χ1n) is 4.34. The maximum absolute atomic E-state index is 9.20. The normalized spacial score (nSPS) is 18.8. The highest BCUT2D eigenvalue weighted by Crippen LogP contribution is 2.06. The summed E-state index contributed by atoms with van der Waals surface area (Å²) >= 11 is 0. The molecule has 0 spiro atoms. The Hall–Kier alpha value is -0.160. The molecule has 0 aliphatic carbocycles. The van der Waals surface area contributed by atoms with E-state index in [0.29, 0.717) is 6.61 Å². The minimum absolute atomic E-state index is 0.381. The molecular weight excluding hydrogens is 158 g/mol. The lowest BCUT2D eigenvalue weighted by molar-refractivity contribution is -0.248. The lowest BCUT2D eigenvalue weighted by Crippen LogP contribution is -2.52. The molecule has 2 atom stereocenters. The minimum atomic E-state index is -1.90. The summed E-state index contributed by atoms with van der Waals surface area (Å²) in [5.41, 5.74) is 5.23. The zero-order valence-corrected chi connectivity index (χ0v) is 7.79. The third-order valence-electron chi connectivity index (χ3n) is 1.68. The van der Waals surface area contributed by atoms with E-state index < -0.39 is 12.0 Å². The molecule has 4 N–H and O–H groups in total. The van der Waals surface area contributed by atoms with Crippen molar-refractivity contribution in [1.82, 2.24) is 0 Å². The van der Waals surface area contributed by atoms with Crippen molar-refractivity contribution in [2.75, 3.05) is 6.61 Å². The molecule has 0 saturated carbocycles. The van der Waals surface area contributed by atoms with Crippen LogP contribution in [0, 0.1) is 0 Å². The topological polar surface area (TPSA) is 75.7 Å². The number of hydrogen-bond acceptors (Lipinski definition) is 4. The van der Waals surface area contributed by atoms with Crippen molar-refractivity contribution in [2.24, 2.45) is 5.73 Å². The quantitative estimate of drug-likeness (QED) is 0.399. The molecule has 0 aromatic carbocycles. The number of rotatable bonds is 6. The zero-order valence-electron chi connectivity index (χ0n) is 7.79. The van der Waals surface area contributed by atoms with Crippen LogP contribution in [0.5, 0.6) is 0 Å². The van der Waals surface area contributed by atoms with Crippen LogP contribution in [0.1, 0.15) is 33.1 Å². The standard InChI is InChI=1S/C8H19NO3/c1-3-4-5-6-12-8(9,11)7(2)10/h7,10-11H,3-6,9H2,1-2H3. The van der Waals surface area contributed by atoms with Crippen LogP contribution in [0.3, 0.4) is 0 Å². The van der Waals surface area contributed by atoms with Crippen LogP contribution in [-0.2, 0) is 4.74 Å². The van der Waals surface area contributed by atoms with E-state index in [1.807, 2.05) is 0 Å². The van der Waals surface area contributed by atoms with Gasteiger partial charge in [0.05, 0.1) is 6.61 Å². The van der Waals surface area contributed by atoms with Crippen molar-refractivity contribution in [1.29, 1.82) is 0 Å². The molecule has 0 heterocycles. The van der Waals surface area contributed by atoms with Gasteiger partial charge in [-0.1, -0.05) is 19.8 Å². The first-order valence-corrected chi connectivity index (χ1v) is 4.34. The Labute approximate surface area is 73.3 Å². The molecule has 4 nitrogen and oxygen atoms in total. The molecule has 0 radical (unpaired) electrons. The molecule has 0 amide bonds. The van der Waals surface area contributed by atoms with E-state index in [4.69, 9.17) is 15.6 Å². The first-order chi connectivity index (χ1) is 5.50. The third-order valence-corrected chi connectivity index (χ3v) is 1.68. The van der Waals surface area contributed by atoms with Gasteiger partial charge < -0.3 is 14.9 Å². The van der Waals surface area contributed by atoms with Gasteiger partial charge in [-0.05, 0) is 13.3 Å². The van der Waals surface area contributed by atoms with Gasteiger partial charge in [0.15, 0.2) is 0 Å². The molecule has 0 fully saturated rings. The summed E-state index contributed by atoms with van der Waals surface area (Å²) in [7, 11) is 0. The molecule has 0 aliphatic heterocycles. The van der Waals surface area contributed by atoms with Crippen molar-refractivity contribution in [3.63, 3.8) is 0 Å². The minimum Gasteiger partial charge on any atom is -0.386 e. The summed E-state index contributed by atoms with van der Waals surface area (Å²) < 4.78 is 4.88. The van der Waals surface area contributed by atoms with Gasteiger partial charge in [0.25, 0.3) is 0 Å². The number of unbranched alkanes of at least 4 members (excludes halogenated alkanes) is 2. The van der Waals surface area contributed by atoms with Crippen LogP contribution >= 0.6 is 0 Å². The van der Waals surface area contributed by atoms with Crippen molar-refractivity contribution in [3.05, 3.63) is 0 Å². The number of ether oxygens (including phenoxy) is 1. The van der Waals surface area contributed by atoms with Gasteiger partial charge in [-0.2, -0.15) is 0 Å². The molecule has 2 unspecified atom stereocenters. The molecule has 0 aromatic heterocycles. The maximum atomic E-state index is 9.20. The van der Waals surface area contributed by atoms with Gasteiger partial charge in [-0.15, -0.1) is 0 Å². The Morgan fingerprint density at radius 1 is 1.50 bits per heavy atom. The number of hydrogen-bond donors (Lipinski definition) is 3. The smallest absolute Gasteiger partial charge is 0.249 e. The van der Waals surface area contributed by atoms with Crippen molar-refractivity contribution in [2.45, 2.75) is 45.1 Å². The van der Waals surface area contributed by atoms with Crippen LogP contribution in [-0.4, -0.2) is 28.8 Å². The molecular formula is C8H19NO3. The monoisotopic (exact) mass is 177 g/mol. The summed E-state index contributed by atoms with van der Waals surface area (Å²) in [4.78, 5) is 0. The highest BCUT2D eigenvalue weighted by atomic mass is 16.7. The SMILES string of the molecule is CCCCCOC(N)(O)C(C)O. The third kappa shape index (κ3) is 4.66. The van der Waals surface area contributed by atoms with Gasteiger partial charge in [0.2, 0.25) is 5.91 Å². The highest BCUT2D eigenvalue weighted by Gasteiger charge is 2.27. The van der Waals surface area contributed by atoms with Gasteiger partial charge >= 0.3 is 0 Å². The van der Waals surface area contributed by atoms with Gasteiger partial charge in [0.1, 0.15) is 6.10 Å². The Kier molecular flexibility index (Phi) is 5.41. The largest absolute Gasteiger partial charge is 0.386 e. The Bertz CT molecular complexity index is 115. The second-order valence-electron chi connectivity index (χ2n) is 2.98. The summed E-state index contributed by atoms with van der Waals surface area (Å²) in [6, 6.07) is 0. The van der Waals surface area contributed by atoms with Crippen molar-refractivity contribution < 1.29 is 14.9 Å². The van der Waals surface area contributed by atoms with Gasteiger partial charge in [0, 0.05) is 0 Å². The molecule has 0 rings (SSSR count). The molecule has 0 saturated heterocycles.